The first-order chi connectivity index (χ1) is 17.0. The highest BCUT2D eigenvalue weighted by Crippen LogP contribution is 2.15. The van der Waals surface area contributed by atoms with E-state index in [0.717, 1.165) is 40.6 Å². The molecule has 0 aliphatic rings. The molecule has 35 heavy (non-hydrogen) atoms. The lowest BCUT2D eigenvalue weighted by Crippen LogP contribution is -2.21. The predicted octanol–water partition coefficient (Wildman–Crippen LogP) is 4.47. The average molecular weight is 534 g/mol. The molecule has 0 unspecified atom stereocenters. The minimum atomic E-state index is -0.203. The Morgan fingerprint density at radius 1 is 1.00 bits per heavy atom. The molecule has 1 aromatic carbocycles. The van der Waals surface area contributed by atoms with Crippen LogP contribution >= 0.6 is 15.9 Å². The van der Waals surface area contributed by atoms with Gasteiger partial charge < -0.3 is 9.88 Å². The second-order valence-electron chi connectivity index (χ2n) is 8.55. The molecule has 0 atom stereocenters. The van der Waals surface area contributed by atoms with Gasteiger partial charge in [-0.1, -0.05) is 30.3 Å². The van der Waals surface area contributed by atoms with E-state index < -0.39 is 0 Å². The van der Waals surface area contributed by atoms with Gasteiger partial charge in [0.15, 0.2) is 0 Å². The summed E-state index contributed by atoms with van der Waals surface area (Å²) in [6, 6.07) is 15.4. The van der Waals surface area contributed by atoms with Crippen molar-refractivity contribution in [1.29, 1.82) is 0 Å². The Balaban J connectivity index is 1.28. The maximum atomic E-state index is 12.5. The summed E-state index contributed by atoms with van der Waals surface area (Å²) in [6.07, 6.45) is 8.35. The van der Waals surface area contributed by atoms with E-state index in [2.05, 4.69) is 49.2 Å². The van der Waals surface area contributed by atoms with E-state index in [1.807, 2.05) is 42.6 Å². The minimum Gasteiger partial charge on any atom is -0.356 e. The summed E-state index contributed by atoms with van der Waals surface area (Å²) in [6.45, 7) is 3.29. The fourth-order valence-electron chi connectivity index (χ4n) is 3.88. The van der Waals surface area contributed by atoms with E-state index in [9.17, 15) is 9.59 Å². The van der Waals surface area contributed by atoms with E-state index >= 15 is 0 Å². The zero-order chi connectivity index (χ0) is 24.6. The molecular weight excluding hydrogens is 506 g/mol. The highest BCUT2D eigenvalue weighted by atomic mass is 79.9. The lowest BCUT2D eigenvalue weighted by atomic mass is 10.1. The molecule has 0 bridgehead atoms. The first-order valence-corrected chi connectivity index (χ1v) is 12.4. The molecule has 4 rings (SSSR count). The van der Waals surface area contributed by atoms with Gasteiger partial charge in [0.2, 0.25) is 5.95 Å². The van der Waals surface area contributed by atoms with Crippen LogP contribution in [0.2, 0.25) is 0 Å². The molecule has 4 aromatic rings. The number of anilines is 1. The number of aromatic amines is 1. The standard InChI is InChI=1S/C27H28BrN5O2/c1-19-13-23(28)17-30-24(19)9-5-6-11-29-27-31-16-22(26(35)32-27)14-21-10-12-33(25(34)15-21)18-20-7-3-2-4-8-20/h2-4,7-8,10,12-13,15-17H,5-6,9,11,14,18H2,1H3,(H2,29,31,32,35). The quantitative estimate of drug-likeness (QED) is 0.293. The fourth-order valence-corrected chi connectivity index (χ4v) is 4.33. The zero-order valence-corrected chi connectivity index (χ0v) is 21.2. The largest absolute Gasteiger partial charge is 0.356 e. The number of hydrogen-bond donors (Lipinski definition) is 2. The van der Waals surface area contributed by atoms with Crippen LogP contribution in [0.4, 0.5) is 5.95 Å². The van der Waals surface area contributed by atoms with Gasteiger partial charge in [0.25, 0.3) is 11.1 Å². The number of benzene rings is 1. The normalized spacial score (nSPS) is 10.9. The Labute approximate surface area is 212 Å². The van der Waals surface area contributed by atoms with Gasteiger partial charge in [-0.3, -0.25) is 19.6 Å². The molecule has 0 saturated heterocycles. The SMILES string of the molecule is Cc1cc(Br)cnc1CCCCNc1ncc(Cc2ccn(Cc3ccccc3)c(=O)c2)c(=O)[nH]1. The van der Waals surface area contributed by atoms with E-state index in [0.29, 0.717) is 31.0 Å². The summed E-state index contributed by atoms with van der Waals surface area (Å²) < 4.78 is 2.65. The van der Waals surface area contributed by atoms with Gasteiger partial charge in [-0.2, -0.15) is 0 Å². The number of H-pyrrole nitrogens is 1. The molecule has 0 fully saturated rings. The van der Waals surface area contributed by atoms with Crippen molar-refractivity contribution < 1.29 is 0 Å². The Morgan fingerprint density at radius 2 is 1.83 bits per heavy atom. The third-order valence-corrected chi connectivity index (χ3v) is 6.24. The fraction of sp³-hybridized carbons (Fsp3) is 0.259. The molecule has 0 aliphatic heterocycles. The topological polar surface area (TPSA) is 92.7 Å². The van der Waals surface area contributed by atoms with Crippen molar-refractivity contribution in [2.45, 2.75) is 39.2 Å². The van der Waals surface area contributed by atoms with Crippen molar-refractivity contribution in [3.8, 4) is 0 Å². The second kappa shape index (κ2) is 11.8. The second-order valence-corrected chi connectivity index (χ2v) is 9.47. The highest BCUT2D eigenvalue weighted by molar-refractivity contribution is 9.10. The van der Waals surface area contributed by atoms with E-state index in [4.69, 9.17) is 0 Å². The first-order valence-electron chi connectivity index (χ1n) is 11.6. The molecule has 0 aliphatic carbocycles. The summed E-state index contributed by atoms with van der Waals surface area (Å²) in [7, 11) is 0. The third kappa shape index (κ3) is 6.99. The number of pyridine rings is 2. The molecular formula is C27H28BrN5O2. The van der Waals surface area contributed by atoms with Crippen LogP contribution in [0.1, 0.15) is 40.8 Å². The van der Waals surface area contributed by atoms with Crippen LogP contribution in [-0.2, 0) is 19.4 Å². The number of rotatable bonds is 10. The monoisotopic (exact) mass is 533 g/mol. The number of nitrogens with zero attached hydrogens (tertiary/aromatic N) is 3. The van der Waals surface area contributed by atoms with Gasteiger partial charge in [0.1, 0.15) is 0 Å². The molecule has 3 heterocycles. The number of nitrogens with one attached hydrogen (secondary N) is 2. The Bertz CT molecular complexity index is 1400. The van der Waals surface area contributed by atoms with Gasteiger partial charge >= 0.3 is 0 Å². The van der Waals surface area contributed by atoms with Gasteiger partial charge in [0.05, 0.1) is 6.54 Å². The number of halogens is 1. The number of aromatic nitrogens is 4. The lowest BCUT2D eigenvalue weighted by molar-refractivity contribution is 0.740. The van der Waals surface area contributed by atoms with Crippen molar-refractivity contribution >= 4 is 21.9 Å². The molecule has 0 amide bonds. The zero-order valence-electron chi connectivity index (χ0n) is 19.6. The number of aryl methyl sites for hydroxylation is 2. The van der Waals surface area contributed by atoms with Crippen LogP contribution in [-0.4, -0.2) is 26.1 Å². The summed E-state index contributed by atoms with van der Waals surface area (Å²) in [4.78, 5) is 36.7. The molecule has 2 N–H and O–H groups in total. The smallest absolute Gasteiger partial charge is 0.255 e. The van der Waals surface area contributed by atoms with Crippen LogP contribution in [0.15, 0.2) is 81.2 Å². The number of hydrogen-bond acceptors (Lipinski definition) is 5. The van der Waals surface area contributed by atoms with Crippen LogP contribution in [0.5, 0.6) is 0 Å². The third-order valence-electron chi connectivity index (χ3n) is 5.81. The molecule has 7 nitrogen and oxygen atoms in total. The Kier molecular flexibility index (Phi) is 8.26. The molecule has 8 heteroatoms. The van der Waals surface area contributed by atoms with Crippen molar-refractivity contribution in [3.05, 3.63) is 120 Å². The van der Waals surface area contributed by atoms with Crippen LogP contribution < -0.4 is 16.4 Å². The van der Waals surface area contributed by atoms with Crippen LogP contribution in [0.3, 0.4) is 0 Å². The predicted molar refractivity (Wildman–Crippen MR) is 142 cm³/mol. The lowest BCUT2D eigenvalue weighted by Gasteiger charge is -2.09. The van der Waals surface area contributed by atoms with E-state index in [1.165, 1.54) is 5.56 Å². The summed E-state index contributed by atoms with van der Waals surface area (Å²) in [5.41, 5.74) is 4.36. The molecule has 0 saturated carbocycles. The van der Waals surface area contributed by atoms with E-state index in [1.54, 1.807) is 23.0 Å². The minimum absolute atomic E-state index is 0.0949. The van der Waals surface area contributed by atoms with Gasteiger partial charge in [-0.05, 0) is 70.9 Å². The van der Waals surface area contributed by atoms with Crippen molar-refractivity contribution in [1.82, 2.24) is 19.5 Å². The van der Waals surface area contributed by atoms with Crippen LogP contribution in [0.25, 0.3) is 0 Å². The Hall–Kier alpha value is -3.52. The van der Waals surface area contributed by atoms with Gasteiger partial charge in [0, 0.05) is 53.4 Å². The van der Waals surface area contributed by atoms with Crippen molar-refractivity contribution in [2.75, 3.05) is 11.9 Å². The molecule has 3 aromatic heterocycles. The Morgan fingerprint density at radius 3 is 2.57 bits per heavy atom. The summed E-state index contributed by atoms with van der Waals surface area (Å²) >= 11 is 3.44. The molecule has 0 radical (unpaired) electrons. The summed E-state index contributed by atoms with van der Waals surface area (Å²) in [5.74, 6) is 0.454. The first kappa shape index (κ1) is 24.6. The van der Waals surface area contributed by atoms with Gasteiger partial charge in [-0.15, -0.1) is 0 Å². The summed E-state index contributed by atoms with van der Waals surface area (Å²) in [5, 5.41) is 3.18. The van der Waals surface area contributed by atoms with Crippen molar-refractivity contribution in [2.24, 2.45) is 0 Å². The van der Waals surface area contributed by atoms with Crippen LogP contribution in [0, 0.1) is 6.92 Å². The maximum absolute atomic E-state index is 12.5. The highest BCUT2D eigenvalue weighted by Gasteiger charge is 2.07. The number of unbranched alkanes of at least 4 members (excludes halogenated alkanes) is 1. The molecule has 180 valence electrons. The van der Waals surface area contributed by atoms with Gasteiger partial charge in [-0.25, -0.2) is 4.98 Å². The average Bonchev–Trinajstić information content (AvgIpc) is 2.84. The molecule has 0 spiro atoms. The van der Waals surface area contributed by atoms with Crippen molar-refractivity contribution in [3.63, 3.8) is 0 Å². The van der Waals surface area contributed by atoms with E-state index in [-0.39, 0.29) is 11.1 Å². The maximum Gasteiger partial charge on any atom is 0.255 e.